The van der Waals surface area contributed by atoms with E-state index in [-0.39, 0.29) is 5.82 Å². The van der Waals surface area contributed by atoms with Crippen LogP contribution in [-0.2, 0) is 6.54 Å². The van der Waals surface area contributed by atoms with Crippen LogP contribution in [0.15, 0.2) is 30.6 Å². The molecule has 0 radical (unpaired) electrons. The van der Waals surface area contributed by atoms with Gasteiger partial charge in [0.1, 0.15) is 5.82 Å². The van der Waals surface area contributed by atoms with Crippen LogP contribution < -0.4 is 5.73 Å². The normalized spacial score (nSPS) is 10.5. The lowest BCUT2D eigenvalue weighted by atomic mass is 10.1. The summed E-state index contributed by atoms with van der Waals surface area (Å²) < 4.78 is 14.7. The lowest BCUT2D eigenvalue weighted by molar-refractivity contribution is 0.618. The van der Waals surface area contributed by atoms with E-state index in [0.717, 1.165) is 11.1 Å². The molecular formula is C11H12FN3. The molecule has 3 nitrogen and oxygen atoms in total. The van der Waals surface area contributed by atoms with E-state index in [4.69, 9.17) is 5.73 Å². The minimum Gasteiger partial charge on any atom is -0.396 e. The largest absolute Gasteiger partial charge is 0.396 e. The lowest BCUT2D eigenvalue weighted by Crippen LogP contribution is -2.02. The van der Waals surface area contributed by atoms with Crippen molar-refractivity contribution in [2.45, 2.75) is 13.5 Å². The molecule has 0 bridgehead atoms. The number of nitrogen functional groups attached to an aromatic ring is 1. The molecule has 0 saturated carbocycles. The van der Waals surface area contributed by atoms with Crippen molar-refractivity contribution in [3.05, 3.63) is 47.5 Å². The quantitative estimate of drug-likeness (QED) is 0.814. The molecule has 0 saturated heterocycles. The first-order valence-electron chi connectivity index (χ1n) is 4.68. The van der Waals surface area contributed by atoms with Crippen molar-refractivity contribution in [1.82, 2.24) is 9.78 Å². The van der Waals surface area contributed by atoms with E-state index in [2.05, 4.69) is 5.10 Å². The van der Waals surface area contributed by atoms with Crippen LogP contribution in [0.3, 0.4) is 0 Å². The monoisotopic (exact) mass is 205 g/mol. The fourth-order valence-corrected chi connectivity index (χ4v) is 1.45. The first-order valence-corrected chi connectivity index (χ1v) is 4.68. The van der Waals surface area contributed by atoms with Gasteiger partial charge in [0.15, 0.2) is 0 Å². The molecule has 1 heterocycles. The molecule has 15 heavy (non-hydrogen) atoms. The predicted molar refractivity (Wildman–Crippen MR) is 56.9 cm³/mol. The number of aryl methyl sites for hydroxylation is 1. The zero-order valence-electron chi connectivity index (χ0n) is 8.44. The summed E-state index contributed by atoms with van der Waals surface area (Å²) in [4.78, 5) is 0. The number of rotatable bonds is 2. The van der Waals surface area contributed by atoms with Gasteiger partial charge in [0, 0.05) is 6.20 Å². The second-order valence-corrected chi connectivity index (χ2v) is 3.54. The van der Waals surface area contributed by atoms with E-state index in [9.17, 15) is 4.39 Å². The van der Waals surface area contributed by atoms with Crippen molar-refractivity contribution in [3.63, 3.8) is 0 Å². The SMILES string of the molecule is Cc1ccc(F)cc1Cn1cc(N)cn1. The van der Waals surface area contributed by atoms with E-state index < -0.39 is 0 Å². The number of nitrogens with two attached hydrogens (primary N) is 1. The molecule has 0 aliphatic heterocycles. The Kier molecular flexibility index (Phi) is 2.41. The van der Waals surface area contributed by atoms with Gasteiger partial charge in [-0.25, -0.2) is 4.39 Å². The number of hydrogen-bond donors (Lipinski definition) is 1. The first kappa shape index (κ1) is 9.71. The van der Waals surface area contributed by atoms with Gasteiger partial charge >= 0.3 is 0 Å². The molecule has 1 aromatic carbocycles. The Bertz CT molecular complexity index is 476. The maximum absolute atomic E-state index is 13.0. The van der Waals surface area contributed by atoms with Crippen molar-refractivity contribution >= 4 is 5.69 Å². The third-order valence-corrected chi connectivity index (χ3v) is 2.30. The van der Waals surface area contributed by atoms with E-state index in [1.165, 1.54) is 12.1 Å². The van der Waals surface area contributed by atoms with Crippen molar-refractivity contribution in [3.8, 4) is 0 Å². The van der Waals surface area contributed by atoms with E-state index in [0.29, 0.717) is 12.2 Å². The van der Waals surface area contributed by atoms with Gasteiger partial charge in [0.2, 0.25) is 0 Å². The number of hydrogen-bond acceptors (Lipinski definition) is 2. The Hall–Kier alpha value is -1.84. The second-order valence-electron chi connectivity index (χ2n) is 3.54. The highest BCUT2D eigenvalue weighted by Crippen LogP contribution is 2.12. The van der Waals surface area contributed by atoms with Gasteiger partial charge in [-0.05, 0) is 30.2 Å². The molecule has 1 aromatic heterocycles. The maximum Gasteiger partial charge on any atom is 0.123 e. The molecule has 0 spiro atoms. The smallest absolute Gasteiger partial charge is 0.123 e. The molecular weight excluding hydrogens is 193 g/mol. The highest BCUT2D eigenvalue weighted by molar-refractivity contribution is 5.32. The van der Waals surface area contributed by atoms with Crippen LogP contribution in [0.2, 0.25) is 0 Å². The summed E-state index contributed by atoms with van der Waals surface area (Å²) in [6, 6.07) is 4.74. The Labute approximate surface area is 87.3 Å². The highest BCUT2D eigenvalue weighted by Gasteiger charge is 2.02. The second kappa shape index (κ2) is 3.73. The van der Waals surface area contributed by atoms with Crippen molar-refractivity contribution < 1.29 is 4.39 Å². The molecule has 0 fully saturated rings. The Morgan fingerprint density at radius 2 is 2.27 bits per heavy atom. The Balaban J connectivity index is 2.27. The molecule has 78 valence electrons. The van der Waals surface area contributed by atoms with Crippen LogP contribution in [0, 0.1) is 12.7 Å². The molecule has 2 N–H and O–H groups in total. The maximum atomic E-state index is 13.0. The standard InChI is InChI=1S/C11H12FN3/c1-8-2-3-10(12)4-9(8)6-15-7-11(13)5-14-15/h2-5,7H,6,13H2,1H3. The molecule has 0 atom stereocenters. The molecule has 0 unspecified atom stereocenters. The van der Waals surface area contributed by atoms with Gasteiger partial charge in [0.25, 0.3) is 0 Å². The summed E-state index contributed by atoms with van der Waals surface area (Å²) in [6.45, 7) is 2.49. The van der Waals surface area contributed by atoms with E-state index in [1.807, 2.05) is 6.92 Å². The summed E-state index contributed by atoms with van der Waals surface area (Å²) in [5, 5.41) is 4.05. The van der Waals surface area contributed by atoms with Crippen molar-refractivity contribution in [1.29, 1.82) is 0 Å². The number of anilines is 1. The average Bonchev–Trinajstić information content (AvgIpc) is 2.58. The summed E-state index contributed by atoms with van der Waals surface area (Å²) >= 11 is 0. The van der Waals surface area contributed by atoms with Crippen LogP contribution in [0.25, 0.3) is 0 Å². The fraction of sp³-hybridized carbons (Fsp3) is 0.182. The van der Waals surface area contributed by atoms with Crippen molar-refractivity contribution in [2.24, 2.45) is 0 Å². The van der Waals surface area contributed by atoms with Crippen molar-refractivity contribution in [2.75, 3.05) is 5.73 Å². The number of benzene rings is 1. The fourth-order valence-electron chi connectivity index (χ4n) is 1.45. The van der Waals surface area contributed by atoms with Crippen LogP contribution in [0.4, 0.5) is 10.1 Å². The van der Waals surface area contributed by atoms with Gasteiger partial charge in [-0.3, -0.25) is 4.68 Å². The zero-order chi connectivity index (χ0) is 10.8. The third kappa shape index (κ3) is 2.15. The molecule has 4 heteroatoms. The van der Waals surface area contributed by atoms with Crippen LogP contribution >= 0.6 is 0 Å². The van der Waals surface area contributed by atoms with Gasteiger partial charge in [0.05, 0.1) is 18.4 Å². The Morgan fingerprint density at radius 3 is 2.93 bits per heavy atom. The summed E-state index contributed by atoms with van der Waals surface area (Å²) in [6.07, 6.45) is 3.30. The van der Waals surface area contributed by atoms with Gasteiger partial charge in [-0.1, -0.05) is 6.07 Å². The van der Waals surface area contributed by atoms with Crippen LogP contribution in [0.5, 0.6) is 0 Å². The molecule has 0 aliphatic carbocycles. The molecule has 0 amide bonds. The topological polar surface area (TPSA) is 43.8 Å². The van der Waals surface area contributed by atoms with Gasteiger partial charge in [-0.2, -0.15) is 5.10 Å². The first-order chi connectivity index (χ1) is 7.15. The van der Waals surface area contributed by atoms with E-state index >= 15 is 0 Å². The molecule has 2 aromatic rings. The molecule has 0 aliphatic rings. The minimum absolute atomic E-state index is 0.226. The van der Waals surface area contributed by atoms with Crippen LogP contribution in [0.1, 0.15) is 11.1 Å². The highest BCUT2D eigenvalue weighted by atomic mass is 19.1. The third-order valence-electron chi connectivity index (χ3n) is 2.30. The number of halogens is 1. The van der Waals surface area contributed by atoms with E-state index in [1.54, 1.807) is 23.1 Å². The van der Waals surface area contributed by atoms with Crippen LogP contribution in [-0.4, -0.2) is 9.78 Å². The lowest BCUT2D eigenvalue weighted by Gasteiger charge is -2.05. The minimum atomic E-state index is -0.226. The molecule has 2 rings (SSSR count). The van der Waals surface area contributed by atoms with Gasteiger partial charge in [-0.15, -0.1) is 0 Å². The summed E-state index contributed by atoms with van der Waals surface area (Å²) in [5.74, 6) is -0.226. The number of nitrogens with zero attached hydrogens (tertiary/aromatic N) is 2. The summed E-state index contributed by atoms with van der Waals surface area (Å²) in [5.41, 5.74) is 8.12. The number of aromatic nitrogens is 2. The Morgan fingerprint density at radius 1 is 1.47 bits per heavy atom. The predicted octanol–water partition coefficient (Wildman–Crippen LogP) is 1.96. The van der Waals surface area contributed by atoms with Gasteiger partial charge < -0.3 is 5.73 Å². The summed E-state index contributed by atoms with van der Waals surface area (Å²) in [7, 11) is 0. The zero-order valence-corrected chi connectivity index (χ0v) is 8.44. The average molecular weight is 205 g/mol.